The number of benzene rings is 1. The molecule has 22 heavy (non-hydrogen) atoms. The van der Waals surface area contributed by atoms with Crippen LogP contribution in [-0.2, 0) is 12.0 Å². The fourth-order valence-electron chi connectivity index (χ4n) is 2.83. The summed E-state index contributed by atoms with van der Waals surface area (Å²) in [6.07, 6.45) is 1.09. The first-order chi connectivity index (χ1) is 10.4. The largest absolute Gasteiger partial charge is 0.424 e. The molecular weight excluding hydrogens is 274 g/mol. The molecular formula is C18H25N3O. The van der Waals surface area contributed by atoms with Gasteiger partial charge in [-0.1, -0.05) is 50.6 Å². The molecule has 0 amide bonds. The van der Waals surface area contributed by atoms with E-state index >= 15 is 0 Å². The van der Waals surface area contributed by atoms with Gasteiger partial charge in [0.05, 0.1) is 5.92 Å². The molecule has 1 saturated heterocycles. The van der Waals surface area contributed by atoms with Crippen LogP contribution in [0.3, 0.4) is 0 Å². The molecule has 3 rings (SSSR count). The van der Waals surface area contributed by atoms with Crippen LogP contribution in [0.2, 0.25) is 0 Å². The molecule has 4 heteroatoms. The zero-order chi connectivity index (χ0) is 15.7. The van der Waals surface area contributed by atoms with Gasteiger partial charge in [0.15, 0.2) is 0 Å². The SMILES string of the molecule is Cc1ccc(CN2CC[C@H](c3nnc(C(C)(C)C)o3)C2)cc1. The standard InChI is InChI=1S/C18H25N3O/c1-13-5-7-14(8-6-13)11-21-10-9-15(12-21)16-19-20-17(22-16)18(2,3)4/h5-8,15H,9-12H2,1-4H3/t15-/m0/s1. The van der Waals surface area contributed by atoms with Gasteiger partial charge in [0.25, 0.3) is 0 Å². The Kier molecular flexibility index (Phi) is 4.04. The Balaban J connectivity index is 1.62. The van der Waals surface area contributed by atoms with Gasteiger partial charge in [0.1, 0.15) is 0 Å². The summed E-state index contributed by atoms with van der Waals surface area (Å²) < 4.78 is 5.90. The second-order valence-electron chi connectivity index (χ2n) is 7.40. The number of likely N-dealkylation sites (tertiary alicyclic amines) is 1. The second kappa shape index (κ2) is 5.84. The maximum Gasteiger partial charge on any atom is 0.221 e. The molecule has 0 radical (unpaired) electrons. The fraction of sp³-hybridized carbons (Fsp3) is 0.556. The van der Waals surface area contributed by atoms with Crippen LogP contribution in [0.15, 0.2) is 28.7 Å². The third-order valence-electron chi connectivity index (χ3n) is 4.23. The number of hydrogen-bond acceptors (Lipinski definition) is 4. The van der Waals surface area contributed by atoms with E-state index in [-0.39, 0.29) is 5.41 Å². The van der Waals surface area contributed by atoms with E-state index < -0.39 is 0 Å². The lowest BCUT2D eigenvalue weighted by Gasteiger charge is -2.15. The van der Waals surface area contributed by atoms with Crippen molar-refractivity contribution in [3.05, 3.63) is 47.2 Å². The highest BCUT2D eigenvalue weighted by atomic mass is 16.4. The summed E-state index contributed by atoms with van der Waals surface area (Å²) in [7, 11) is 0. The molecule has 2 aromatic rings. The summed E-state index contributed by atoms with van der Waals surface area (Å²) in [4.78, 5) is 2.47. The zero-order valence-electron chi connectivity index (χ0n) is 14.0. The minimum absolute atomic E-state index is 0.0779. The number of rotatable bonds is 3. The predicted molar refractivity (Wildman–Crippen MR) is 86.8 cm³/mol. The van der Waals surface area contributed by atoms with Crippen LogP contribution in [-0.4, -0.2) is 28.2 Å². The molecule has 0 N–H and O–H groups in total. The molecule has 0 bridgehead atoms. The van der Waals surface area contributed by atoms with E-state index in [0.717, 1.165) is 37.8 Å². The lowest BCUT2D eigenvalue weighted by atomic mass is 9.97. The van der Waals surface area contributed by atoms with Crippen molar-refractivity contribution in [2.45, 2.75) is 52.0 Å². The number of hydrogen-bond donors (Lipinski definition) is 0. The smallest absolute Gasteiger partial charge is 0.221 e. The van der Waals surface area contributed by atoms with Gasteiger partial charge >= 0.3 is 0 Å². The third-order valence-corrected chi connectivity index (χ3v) is 4.23. The topological polar surface area (TPSA) is 42.2 Å². The van der Waals surface area contributed by atoms with Crippen LogP contribution in [0, 0.1) is 6.92 Å². The molecule has 0 aliphatic carbocycles. The van der Waals surface area contributed by atoms with Gasteiger partial charge in [-0.25, -0.2) is 0 Å². The Morgan fingerprint density at radius 1 is 1.18 bits per heavy atom. The van der Waals surface area contributed by atoms with Crippen LogP contribution in [0.25, 0.3) is 0 Å². The van der Waals surface area contributed by atoms with Crippen molar-refractivity contribution in [1.29, 1.82) is 0 Å². The number of aryl methyl sites for hydroxylation is 1. The van der Waals surface area contributed by atoms with Crippen molar-refractivity contribution >= 4 is 0 Å². The first-order valence-electron chi connectivity index (χ1n) is 8.03. The van der Waals surface area contributed by atoms with Gasteiger partial charge < -0.3 is 4.42 Å². The van der Waals surface area contributed by atoms with E-state index in [1.807, 2.05) is 0 Å². The van der Waals surface area contributed by atoms with E-state index in [0.29, 0.717) is 5.92 Å². The maximum atomic E-state index is 5.90. The van der Waals surface area contributed by atoms with Crippen LogP contribution in [0.1, 0.15) is 56.0 Å². The second-order valence-corrected chi connectivity index (χ2v) is 7.40. The van der Waals surface area contributed by atoms with Crippen molar-refractivity contribution in [2.24, 2.45) is 0 Å². The van der Waals surface area contributed by atoms with Crippen molar-refractivity contribution in [3.63, 3.8) is 0 Å². The molecule has 1 aromatic carbocycles. The minimum atomic E-state index is -0.0779. The van der Waals surface area contributed by atoms with Gasteiger partial charge in [0.2, 0.25) is 11.8 Å². The van der Waals surface area contributed by atoms with Crippen LogP contribution in [0.4, 0.5) is 0 Å². The van der Waals surface area contributed by atoms with Crippen LogP contribution < -0.4 is 0 Å². The monoisotopic (exact) mass is 299 g/mol. The molecule has 0 saturated carbocycles. The highest BCUT2D eigenvalue weighted by Gasteiger charge is 2.30. The number of aromatic nitrogens is 2. The summed E-state index contributed by atoms with van der Waals surface area (Å²) in [5.74, 6) is 1.91. The van der Waals surface area contributed by atoms with Crippen LogP contribution in [0.5, 0.6) is 0 Å². The van der Waals surface area contributed by atoms with E-state index in [2.05, 4.69) is 67.1 Å². The molecule has 1 fully saturated rings. The van der Waals surface area contributed by atoms with Gasteiger partial charge in [0, 0.05) is 18.5 Å². The lowest BCUT2D eigenvalue weighted by molar-refractivity contribution is 0.313. The Morgan fingerprint density at radius 3 is 2.55 bits per heavy atom. The van der Waals surface area contributed by atoms with Crippen molar-refractivity contribution < 1.29 is 4.42 Å². The van der Waals surface area contributed by atoms with Crippen molar-refractivity contribution in [1.82, 2.24) is 15.1 Å². The average Bonchev–Trinajstić information content (AvgIpc) is 3.09. The molecule has 118 valence electrons. The average molecular weight is 299 g/mol. The van der Waals surface area contributed by atoms with Gasteiger partial charge in [-0.2, -0.15) is 0 Å². The predicted octanol–water partition coefficient (Wildman–Crippen LogP) is 3.67. The molecule has 1 aliphatic rings. The van der Waals surface area contributed by atoms with E-state index in [9.17, 15) is 0 Å². The van der Waals surface area contributed by atoms with E-state index in [1.54, 1.807) is 0 Å². The summed E-state index contributed by atoms with van der Waals surface area (Å²) >= 11 is 0. The maximum absolute atomic E-state index is 5.90. The third kappa shape index (κ3) is 3.38. The highest BCUT2D eigenvalue weighted by molar-refractivity contribution is 5.21. The zero-order valence-corrected chi connectivity index (χ0v) is 14.0. The normalized spacial score (nSPS) is 19.7. The molecule has 0 unspecified atom stereocenters. The Hall–Kier alpha value is -1.68. The first-order valence-corrected chi connectivity index (χ1v) is 8.03. The Bertz CT molecular complexity index is 625. The molecule has 1 atom stereocenters. The quantitative estimate of drug-likeness (QED) is 0.867. The van der Waals surface area contributed by atoms with Crippen molar-refractivity contribution in [3.8, 4) is 0 Å². The summed E-state index contributed by atoms with van der Waals surface area (Å²) in [5.41, 5.74) is 2.60. The van der Waals surface area contributed by atoms with Gasteiger partial charge in [-0.05, 0) is 25.5 Å². The molecule has 0 spiro atoms. The van der Waals surface area contributed by atoms with E-state index in [4.69, 9.17) is 4.42 Å². The number of nitrogens with zero attached hydrogens (tertiary/aromatic N) is 3. The fourth-order valence-corrected chi connectivity index (χ4v) is 2.83. The molecule has 2 heterocycles. The lowest BCUT2D eigenvalue weighted by Crippen LogP contribution is -2.19. The van der Waals surface area contributed by atoms with Gasteiger partial charge in [-0.15, -0.1) is 10.2 Å². The molecule has 1 aliphatic heterocycles. The first kappa shape index (κ1) is 15.2. The van der Waals surface area contributed by atoms with Crippen molar-refractivity contribution in [2.75, 3.05) is 13.1 Å². The summed E-state index contributed by atoms with van der Waals surface area (Å²) in [5, 5.41) is 8.49. The van der Waals surface area contributed by atoms with E-state index in [1.165, 1.54) is 11.1 Å². The molecule has 1 aromatic heterocycles. The minimum Gasteiger partial charge on any atom is -0.424 e. The highest BCUT2D eigenvalue weighted by Crippen LogP contribution is 2.29. The summed E-state index contributed by atoms with van der Waals surface area (Å²) in [6.45, 7) is 11.5. The van der Waals surface area contributed by atoms with Gasteiger partial charge in [-0.3, -0.25) is 4.90 Å². The summed E-state index contributed by atoms with van der Waals surface area (Å²) in [6, 6.07) is 8.78. The molecule has 4 nitrogen and oxygen atoms in total. The Labute approximate surface area is 132 Å². The Morgan fingerprint density at radius 2 is 1.91 bits per heavy atom. The van der Waals surface area contributed by atoms with Crippen LogP contribution >= 0.6 is 0 Å².